The van der Waals surface area contributed by atoms with Gasteiger partial charge in [0.1, 0.15) is 0 Å². The highest BCUT2D eigenvalue weighted by Crippen LogP contribution is 2.19. The average Bonchev–Trinajstić information content (AvgIpc) is 2.93. The number of nitrogens with one attached hydrogen (secondary N) is 2. The molecule has 2 fully saturated rings. The van der Waals surface area contributed by atoms with E-state index in [0.717, 1.165) is 32.2 Å². The van der Waals surface area contributed by atoms with Crippen LogP contribution in [0.15, 0.2) is 4.99 Å². The Morgan fingerprint density at radius 1 is 0.960 bits per heavy atom. The first kappa shape index (κ1) is 20.5. The van der Waals surface area contributed by atoms with Crippen molar-refractivity contribution in [3.05, 3.63) is 0 Å². The predicted molar refractivity (Wildman–Crippen MR) is 105 cm³/mol. The molecular formula is C19H39N5O. The van der Waals surface area contributed by atoms with E-state index in [9.17, 15) is 0 Å². The van der Waals surface area contributed by atoms with E-state index in [1.165, 1.54) is 71.2 Å². The van der Waals surface area contributed by atoms with E-state index in [4.69, 9.17) is 4.74 Å². The van der Waals surface area contributed by atoms with Crippen LogP contribution >= 0.6 is 0 Å². The molecule has 2 aliphatic rings. The van der Waals surface area contributed by atoms with Gasteiger partial charge in [-0.25, -0.2) is 0 Å². The van der Waals surface area contributed by atoms with Crippen LogP contribution in [0.2, 0.25) is 0 Å². The SMILES string of the molecule is CCN1CCN(CCNC(=NC)NCCOC2CCCCCC2)CC1. The fourth-order valence-corrected chi connectivity index (χ4v) is 3.69. The van der Waals surface area contributed by atoms with Crippen LogP contribution in [0.5, 0.6) is 0 Å². The van der Waals surface area contributed by atoms with Gasteiger partial charge in [-0.05, 0) is 19.4 Å². The number of hydrogen-bond donors (Lipinski definition) is 2. The quantitative estimate of drug-likeness (QED) is 0.300. The second-order valence-electron chi connectivity index (χ2n) is 7.19. The van der Waals surface area contributed by atoms with Gasteiger partial charge in [0.25, 0.3) is 0 Å². The Balaban J connectivity index is 1.50. The fraction of sp³-hybridized carbons (Fsp3) is 0.947. The largest absolute Gasteiger partial charge is 0.376 e. The third-order valence-corrected chi connectivity index (χ3v) is 5.41. The second kappa shape index (κ2) is 12.5. The lowest BCUT2D eigenvalue weighted by Gasteiger charge is -2.34. The maximum Gasteiger partial charge on any atom is 0.191 e. The van der Waals surface area contributed by atoms with Crippen molar-refractivity contribution in [2.75, 3.05) is 66.0 Å². The molecule has 0 unspecified atom stereocenters. The van der Waals surface area contributed by atoms with Crippen LogP contribution in [-0.4, -0.2) is 87.9 Å². The Bertz CT molecular complexity index is 361. The number of ether oxygens (including phenoxy) is 1. The van der Waals surface area contributed by atoms with Crippen LogP contribution in [0.25, 0.3) is 0 Å². The van der Waals surface area contributed by atoms with Crippen molar-refractivity contribution >= 4 is 5.96 Å². The van der Waals surface area contributed by atoms with Crippen molar-refractivity contribution < 1.29 is 4.74 Å². The van der Waals surface area contributed by atoms with Gasteiger partial charge < -0.3 is 20.3 Å². The van der Waals surface area contributed by atoms with Crippen LogP contribution in [0, 0.1) is 0 Å². The molecule has 1 aliphatic carbocycles. The lowest BCUT2D eigenvalue weighted by Crippen LogP contribution is -2.49. The van der Waals surface area contributed by atoms with E-state index in [-0.39, 0.29) is 0 Å². The first-order valence-electron chi connectivity index (χ1n) is 10.3. The van der Waals surface area contributed by atoms with E-state index >= 15 is 0 Å². The van der Waals surface area contributed by atoms with Crippen molar-refractivity contribution in [1.29, 1.82) is 0 Å². The molecule has 6 heteroatoms. The van der Waals surface area contributed by atoms with Crippen molar-refractivity contribution in [3.63, 3.8) is 0 Å². The molecule has 1 heterocycles. The third kappa shape index (κ3) is 8.38. The van der Waals surface area contributed by atoms with Crippen LogP contribution in [0.1, 0.15) is 45.4 Å². The minimum Gasteiger partial charge on any atom is -0.376 e. The lowest BCUT2D eigenvalue weighted by molar-refractivity contribution is 0.0468. The molecule has 1 aliphatic heterocycles. The summed E-state index contributed by atoms with van der Waals surface area (Å²) in [6.07, 6.45) is 8.35. The van der Waals surface area contributed by atoms with E-state index in [0.29, 0.717) is 6.10 Å². The van der Waals surface area contributed by atoms with Gasteiger partial charge in [0.05, 0.1) is 12.7 Å². The zero-order valence-corrected chi connectivity index (χ0v) is 16.4. The molecule has 0 aromatic heterocycles. The summed E-state index contributed by atoms with van der Waals surface area (Å²) in [6, 6.07) is 0. The summed E-state index contributed by atoms with van der Waals surface area (Å²) >= 11 is 0. The number of guanidine groups is 1. The minimum atomic E-state index is 0.473. The molecule has 146 valence electrons. The Kier molecular flexibility index (Phi) is 10.2. The first-order valence-corrected chi connectivity index (χ1v) is 10.3. The Labute approximate surface area is 154 Å². The van der Waals surface area contributed by atoms with Gasteiger partial charge in [-0.15, -0.1) is 0 Å². The molecule has 0 aromatic rings. The van der Waals surface area contributed by atoms with Crippen molar-refractivity contribution in [1.82, 2.24) is 20.4 Å². The maximum atomic E-state index is 6.02. The first-order chi connectivity index (χ1) is 12.3. The monoisotopic (exact) mass is 353 g/mol. The fourth-order valence-electron chi connectivity index (χ4n) is 3.69. The summed E-state index contributed by atoms with van der Waals surface area (Å²) < 4.78 is 6.02. The van der Waals surface area contributed by atoms with Crippen LogP contribution in [-0.2, 0) is 4.74 Å². The predicted octanol–water partition coefficient (Wildman–Crippen LogP) is 1.53. The van der Waals surface area contributed by atoms with E-state index < -0.39 is 0 Å². The number of piperazine rings is 1. The highest BCUT2D eigenvalue weighted by molar-refractivity contribution is 5.79. The molecule has 1 saturated carbocycles. The van der Waals surface area contributed by atoms with Crippen LogP contribution in [0.3, 0.4) is 0 Å². The topological polar surface area (TPSA) is 52.1 Å². The van der Waals surface area contributed by atoms with Crippen molar-refractivity contribution in [2.24, 2.45) is 4.99 Å². The summed E-state index contributed by atoms with van der Waals surface area (Å²) in [4.78, 5) is 9.35. The molecule has 6 nitrogen and oxygen atoms in total. The van der Waals surface area contributed by atoms with Gasteiger partial charge in [-0.3, -0.25) is 9.89 Å². The molecule has 0 atom stereocenters. The standard InChI is InChI=1S/C19H39N5O/c1-3-23-13-15-24(16-14-23)12-10-21-19(20-2)22-11-17-25-18-8-6-4-5-7-9-18/h18H,3-17H2,1-2H3,(H2,20,21,22). The number of rotatable bonds is 8. The molecule has 0 bridgehead atoms. The molecule has 0 radical (unpaired) electrons. The highest BCUT2D eigenvalue weighted by Gasteiger charge is 2.15. The molecule has 25 heavy (non-hydrogen) atoms. The molecule has 0 spiro atoms. The summed E-state index contributed by atoms with van der Waals surface area (Å²) in [5.41, 5.74) is 0. The molecule has 0 amide bonds. The van der Waals surface area contributed by atoms with E-state index in [1.807, 2.05) is 7.05 Å². The van der Waals surface area contributed by atoms with Crippen LogP contribution < -0.4 is 10.6 Å². The molecule has 2 rings (SSSR count). The molecule has 2 N–H and O–H groups in total. The van der Waals surface area contributed by atoms with E-state index in [1.54, 1.807) is 0 Å². The maximum absolute atomic E-state index is 6.02. The van der Waals surface area contributed by atoms with Gasteiger partial charge in [0.2, 0.25) is 0 Å². The van der Waals surface area contributed by atoms with Gasteiger partial charge in [-0.1, -0.05) is 32.6 Å². The summed E-state index contributed by atoms with van der Waals surface area (Å²) in [5, 5.41) is 6.78. The smallest absolute Gasteiger partial charge is 0.191 e. The zero-order valence-electron chi connectivity index (χ0n) is 16.4. The molecule has 0 aromatic carbocycles. The number of likely N-dealkylation sites (N-methyl/N-ethyl adjacent to an activating group) is 1. The zero-order chi connectivity index (χ0) is 17.7. The summed E-state index contributed by atoms with van der Waals surface area (Å²) in [7, 11) is 1.83. The molecule has 1 saturated heterocycles. The number of hydrogen-bond acceptors (Lipinski definition) is 4. The number of nitrogens with zero attached hydrogens (tertiary/aromatic N) is 3. The van der Waals surface area contributed by atoms with Crippen LogP contribution in [0.4, 0.5) is 0 Å². The minimum absolute atomic E-state index is 0.473. The Morgan fingerprint density at radius 2 is 1.60 bits per heavy atom. The van der Waals surface area contributed by atoms with Gasteiger partial charge in [-0.2, -0.15) is 0 Å². The van der Waals surface area contributed by atoms with Crippen molar-refractivity contribution in [2.45, 2.75) is 51.6 Å². The second-order valence-corrected chi connectivity index (χ2v) is 7.19. The summed E-state index contributed by atoms with van der Waals surface area (Å²) in [6.45, 7) is 11.8. The van der Waals surface area contributed by atoms with Gasteiger partial charge in [0, 0.05) is 52.9 Å². The Hall–Kier alpha value is -0.850. The van der Waals surface area contributed by atoms with Crippen molar-refractivity contribution in [3.8, 4) is 0 Å². The van der Waals surface area contributed by atoms with E-state index in [2.05, 4.69) is 32.3 Å². The lowest BCUT2D eigenvalue weighted by atomic mass is 10.1. The third-order valence-electron chi connectivity index (χ3n) is 5.41. The average molecular weight is 354 g/mol. The highest BCUT2D eigenvalue weighted by atomic mass is 16.5. The summed E-state index contributed by atoms with van der Waals surface area (Å²) in [5.74, 6) is 0.886. The number of aliphatic imine (C=N–C) groups is 1. The Morgan fingerprint density at radius 3 is 2.24 bits per heavy atom. The van der Waals surface area contributed by atoms with Gasteiger partial charge in [0.15, 0.2) is 5.96 Å². The normalized spacial score (nSPS) is 21.9. The molecular weight excluding hydrogens is 314 g/mol. The van der Waals surface area contributed by atoms with Gasteiger partial charge >= 0.3 is 0 Å².